The Kier molecular flexibility index (Phi) is 7.07. The lowest BCUT2D eigenvalue weighted by Gasteiger charge is -2.34. The topological polar surface area (TPSA) is 70.5 Å². The molecule has 34 heavy (non-hydrogen) atoms. The van der Waals surface area contributed by atoms with Crippen LogP contribution in [0.5, 0.6) is 23.0 Å². The van der Waals surface area contributed by atoms with Gasteiger partial charge in [-0.2, -0.15) is 0 Å². The van der Waals surface area contributed by atoms with E-state index in [-0.39, 0.29) is 5.41 Å². The molecule has 0 spiro atoms. The molecule has 0 aromatic heterocycles. The molecule has 174 valence electrons. The number of nitrogens with two attached hydrogens (primary N) is 2. The molecule has 4 aromatic carbocycles. The molecule has 4 heteroatoms. The zero-order chi connectivity index (χ0) is 24.0. The van der Waals surface area contributed by atoms with Crippen LogP contribution in [-0.2, 0) is 5.41 Å². The van der Waals surface area contributed by atoms with Crippen LogP contribution in [0.15, 0.2) is 97.1 Å². The standard InChI is InChI=1S/C30H32N2O2/c1-3-21-30(4-2,22-13-17-24(18-14-22)33-28-11-7-5-9-26(28)31)23-15-19-25(20-16-23)34-29-12-8-6-10-27(29)32/h5-20H,3-4,21,31-32H2,1-2H3. The maximum atomic E-state index is 6.03. The highest BCUT2D eigenvalue weighted by Gasteiger charge is 2.31. The van der Waals surface area contributed by atoms with Crippen molar-refractivity contribution in [2.45, 2.75) is 38.5 Å². The summed E-state index contributed by atoms with van der Waals surface area (Å²) in [6, 6.07) is 31.9. The van der Waals surface area contributed by atoms with Crippen LogP contribution >= 0.6 is 0 Å². The summed E-state index contributed by atoms with van der Waals surface area (Å²) in [5, 5.41) is 0. The SMILES string of the molecule is CCCC(CC)(c1ccc(Oc2ccccc2N)cc1)c1ccc(Oc2ccccc2N)cc1. The average molecular weight is 453 g/mol. The van der Waals surface area contributed by atoms with Gasteiger partial charge in [-0.3, -0.25) is 0 Å². The van der Waals surface area contributed by atoms with Crippen molar-refractivity contribution in [3.05, 3.63) is 108 Å². The second-order valence-electron chi connectivity index (χ2n) is 8.51. The quantitative estimate of drug-likeness (QED) is 0.253. The summed E-state index contributed by atoms with van der Waals surface area (Å²) in [4.78, 5) is 0. The van der Waals surface area contributed by atoms with E-state index in [0.29, 0.717) is 22.9 Å². The van der Waals surface area contributed by atoms with E-state index < -0.39 is 0 Å². The highest BCUT2D eigenvalue weighted by atomic mass is 16.5. The van der Waals surface area contributed by atoms with Gasteiger partial charge in [-0.1, -0.05) is 68.8 Å². The predicted molar refractivity (Wildman–Crippen MR) is 141 cm³/mol. The molecule has 0 bridgehead atoms. The van der Waals surface area contributed by atoms with Crippen LogP contribution in [0.25, 0.3) is 0 Å². The maximum absolute atomic E-state index is 6.03. The Morgan fingerprint density at radius 1 is 0.588 bits per heavy atom. The maximum Gasteiger partial charge on any atom is 0.150 e. The fraction of sp³-hybridized carbons (Fsp3) is 0.200. The van der Waals surface area contributed by atoms with E-state index >= 15 is 0 Å². The van der Waals surface area contributed by atoms with Crippen molar-refractivity contribution in [2.75, 3.05) is 11.5 Å². The zero-order valence-electron chi connectivity index (χ0n) is 19.8. The minimum Gasteiger partial charge on any atom is -0.455 e. The molecule has 4 N–H and O–H groups in total. The van der Waals surface area contributed by atoms with Crippen LogP contribution in [-0.4, -0.2) is 0 Å². The Morgan fingerprint density at radius 2 is 1.00 bits per heavy atom. The summed E-state index contributed by atoms with van der Waals surface area (Å²) >= 11 is 0. The van der Waals surface area contributed by atoms with Gasteiger partial charge < -0.3 is 20.9 Å². The first-order valence-electron chi connectivity index (χ1n) is 11.8. The number of anilines is 2. The smallest absolute Gasteiger partial charge is 0.150 e. The fourth-order valence-corrected chi connectivity index (χ4v) is 4.55. The first-order chi connectivity index (χ1) is 16.6. The molecule has 0 unspecified atom stereocenters. The Morgan fingerprint density at radius 3 is 1.35 bits per heavy atom. The number of ether oxygens (including phenoxy) is 2. The van der Waals surface area contributed by atoms with Crippen LogP contribution in [0, 0.1) is 0 Å². The molecule has 0 fully saturated rings. The lowest BCUT2D eigenvalue weighted by molar-refractivity contribution is 0.445. The van der Waals surface area contributed by atoms with Crippen molar-refractivity contribution in [3.8, 4) is 23.0 Å². The van der Waals surface area contributed by atoms with Gasteiger partial charge in [0.25, 0.3) is 0 Å². The molecule has 4 rings (SSSR count). The van der Waals surface area contributed by atoms with E-state index in [0.717, 1.165) is 30.8 Å². The van der Waals surface area contributed by atoms with Gasteiger partial charge in [0.2, 0.25) is 0 Å². The van der Waals surface area contributed by atoms with Crippen molar-refractivity contribution in [2.24, 2.45) is 0 Å². The normalized spacial score (nSPS) is 11.2. The van der Waals surface area contributed by atoms with Gasteiger partial charge in [0, 0.05) is 5.41 Å². The molecule has 0 saturated heterocycles. The van der Waals surface area contributed by atoms with Crippen LogP contribution < -0.4 is 20.9 Å². The Labute approximate surface area is 202 Å². The van der Waals surface area contributed by atoms with Crippen molar-refractivity contribution in [1.29, 1.82) is 0 Å². The van der Waals surface area contributed by atoms with Gasteiger partial charge in [-0.15, -0.1) is 0 Å². The van der Waals surface area contributed by atoms with Crippen molar-refractivity contribution >= 4 is 11.4 Å². The largest absolute Gasteiger partial charge is 0.455 e. The van der Waals surface area contributed by atoms with Gasteiger partial charge in [0.1, 0.15) is 23.0 Å². The summed E-state index contributed by atoms with van der Waals surface area (Å²) in [5.41, 5.74) is 15.8. The highest BCUT2D eigenvalue weighted by molar-refractivity contribution is 5.55. The molecule has 0 heterocycles. The van der Waals surface area contributed by atoms with Gasteiger partial charge in [0.15, 0.2) is 0 Å². The van der Waals surface area contributed by atoms with E-state index in [1.54, 1.807) is 0 Å². The fourth-order valence-electron chi connectivity index (χ4n) is 4.55. The molecule has 4 aromatic rings. The summed E-state index contributed by atoms with van der Waals surface area (Å²) < 4.78 is 12.0. The van der Waals surface area contributed by atoms with E-state index in [1.165, 1.54) is 11.1 Å². The monoisotopic (exact) mass is 452 g/mol. The molecule has 0 radical (unpaired) electrons. The first kappa shape index (κ1) is 23.2. The zero-order valence-corrected chi connectivity index (χ0v) is 19.8. The second-order valence-corrected chi connectivity index (χ2v) is 8.51. The van der Waals surface area contributed by atoms with Gasteiger partial charge >= 0.3 is 0 Å². The van der Waals surface area contributed by atoms with E-state index in [9.17, 15) is 0 Å². The molecule has 0 aliphatic rings. The Balaban J connectivity index is 1.60. The molecular weight excluding hydrogens is 420 g/mol. The van der Waals surface area contributed by atoms with Gasteiger partial charge in [-0.25, -0.2) is 0 Å². The molecule has 4 nitrogen and oxygen atoms in total. The highest BCUT2D eigenvalue weighted by Crippen LogP contribution is 2.42. The molecule has 0 amide bonds. The van der Waals surface area contributed by atoms with Crippen molar-refractivity contribution < 1.29 is 9.47 Å². The number of benzene rings is 4. The van der Waals surface area contributed by atoms with Crippen LogP contribution in [0.4, 0.5) is 11.4 Å². The third kappa shape index (κ3) is 4.86. The summed E-state index contributed by atoms with van der Waals surface area (Å²) in [6.07, 6.45) is 3.10. The van der Waals surface area contributed by atoms with Crippen molar-refractivity contribution in [1.82, 2.24) is 0 Å². The van der Waals surface area contributed by atoms with E-state index in [2.05, 4.69) is 38.1 Å². The number of rotatable bonds is 9. The third-order valence-corrected chi connectivity index (χ3v) is 6.39. The van der Waals surface area contributed by atoms with Gasteiger partial charge in [-0.05, 0) is 72.5 Å². The van der Waals surface area contributed by atoms with E-state index in [1.807, 2.05) is 72.8 Å². The van der Waals surface area contributed by atoms with E-state index in [4.69, 9.17) is 20.9 Å². The number of nitrogen functional groups attached to an aromatic ring is 2. The molecule has 0 aliphatic carbocycles. The molecule has 0 aliphatic heterocycles. The molecule has 0 atom stereocenters. The van der Waals surface area contributed by atoms with Crippen LogP contribution in [0.1, 0.15) is 44.2 Å². The molecule has 0 saturated carbocycles. The minimum atomic E-state index is -0.0939. The summed E-state index contributed by atoms with van der Waals surface area (Å²) in [7, 11) is 0. The second kappa shape index (κ2) is 10.3. The number of hydrogen-bond acceptors (Lipinski definition) is 4. The van der Waals surface area contributed by atoms with Gasteiger partial charge in [0.05, 0.1) is 11.4 Å². The van der Waals surface area contributed by atoms with Crippen LogP contribution in [0.3, 0.4) is 0 Å². The summed E-state index contributed by atoms with van der Waals surface area (Å²) in [6.45, 7) is 4.48. The summed E-state index contributed by atoms with van der Waals surface area (Å²) in [5.74, 6) is 2.88. The minimum absolute atomic E-state index is 0.0939. The number of para-hydroxylation sites is 4. The lowest BCUT2D eigenvalue weighted by atomic mass is 9.69. The Hall–Kier alpha value is -3.92. The average Bonchev–Trinajstić information content (AvgIpc) is 2.86. The first-order valence-corrected chi connectivity index (χ1v) is 11.8. The lowest BCUT2D eigenvalue weighted by Crippen LogP contribution is -2.26. The molecular formula is C30H32N2O2. The third-order valence-electron chi connectivity index (χ3n) is 6.39. The Bertz CT molecular complexity index is 1130. The van der Waals surface area contributed by atoms with Crippen molar-refractivity contribution in [3.63, 3.8) is 0 Å². The predicted octanol–water partition coefficient (Wildman–Crippen LogP) is 7.93. The van der Waals surface area contributed by atoms with Crippen LogP contribution in [0.2, 0.25) is 0 Å². The number of hydrogen-bond donors (Lipinski definition) is 2.